The van der Waals surface area contributed by atoms with Crippen LogP contribution in [0.3, 0.4) is 0 Å². The topological polar surface area (TPSA) is 85.9 Å². The zero-order valence-electron chi connectivity index (χ0n) is 16.3. The highest BCUT2D eigenvalue weighted by Crippen LogP contribution is 2.40. The number of aromatic nitrogens is 5. The second kappa shape index (κ2) is 7.68. The number of hydrogen-bond acceptors (Lipinski definition) is 5. The summed E-state index contributed by atoms with van der Waals surface area (Å²) in [5.41, 5.74) is 1.62. The fraction of sp³-hybridized carbons (Fsp3) is 0.421. The molecule has 0 bridgehead atoms. The van der Waals surface area contributed by atoms with Gasteiger partial charge in [0.1, 0.15) is 5.82 Å². The van der Waals surface area contributed by atoms with Crippen LogP contribution in [-0.4, -0.2) is 50.4 Å². The number of hydrogen-bond donors (Lipinski definition) is 0. The van der Waals surface area contributed by atoms with Crippen molar-refractivity contribution in [2.45, 2.75) is 36.8 Å². The van der Waals surface area contributed by atoms with Gasteiger partial charge in [0.25, 0.3) is 10.0 Å². The molecular weight excluding hydrogens is 395 g/mol. The highest BCUT2D eigenvalue weighted by molar-refractivity contribution is 7.89. The molecule has 3 heterocycles. The van der Waals surface area contributed by atoms with Crippen molar-refractivity contribution >= 4 is 10.0 Å². The molecule has 8 nitrogen and oxygen atoms in total. The number of imidazole rings is 1. The lowest BCUT2D eigenvalue weighted by molar-refractivity contribution is 0.467. The maximum Gasteiger partial charge on any atom is 0.262 e. The number of aryl methyl sites for hydroxylation is 2. The molecule has 10 heteroatoms. The van der Waals surface area contributed by atoms with E-state index in [4.69, 9.17) is 0 Å². The molecule has 154 valence electrons. The van der Waals surface area contributed by atoms with Crippen LogP contribution in [0.1, 0.15) is 36.4 Å². The predicted octanol–water partition coefficient (Wildman–Crippen LogP) is 2.13. The molecule has 0 N–H and O–H groups in total. The first-order valence-electron chi connectivity index (χ1n) is 9.52. The molecule has 1 fully saturated rings. The Balaban J connectivity index is 1.69. The molecule has 29 heavy (non-hydrogen) atoms. The highest BCUT2D eigenvalue weighted by Gasteiger charge is 2.42. The molecule has 3 aromatic rings. The van der Waals surface area contributed by atoms with Gasteiger partial charge >= 0.3 is 0 Å². The van der Waals surface area contributed by atoms with Crippen molar-refractivity contribution in [3.63, 3.8) is 0 Å². The average Bonchev–Trinajstić information content (AvgIpc) is 3.42. The lowest BCUT2D eigenvalue weighted by atomic mass is 9.87. The van der Waals surface area contributed by atoms with Gasteiger partial charge in [-0.15, -0.1) is 5.10 Å². The van der Waals surface area contributed by atoms with Gasteiger partial charge in [0.05, 0.1) is 12.0 Å². The van der Waals surface area contributed by atoms with Crippen LogP contribution < -0.4 is 0 Å². The predicted molar refractivity (Wildman–Crippen MR) is 104 cm³/mol. The maximum absolute atomic E-state index is 13.4. The molecule has 2 unspecified atom stereocenters. The lowest BCUT2D eigenvalue weighted by Crippen LogP contribution is -2.29. The van der Waals surface area contributed by atoms with Gasteiger partial charge in [0, 0.05) is 50.9 Å². The second-order valence-electron chi connectivity index (χ2n) is 7.37. The molecular formula is C19H23FN6O2S. The molecule has 0 amide bonds. The van der Waals surface area contributed by atoms with Crippen molar-refractivity contribution < 1.29 is 12.8 Å². The Kier molecular flexibility index (Phi) is 5.22. The Hall–Kier alpha value is -2.59. The van der Waals surface area contributed by atoms with Crippen LogP contribution in [0.4, 0.5) is 4.39 Å². The van der Waals surface area contributed by atoms with E-state index in [-0.39, 0.29) is 35.8 Å². The molecule has 2 aromatic heterocycles. The van der Waals surface area contributed by atoms with E-state index >= 15 is 0 Å². The van der Waals surface area contributed by atoms with Crippen LogP contribution in [0, 0.1) is 5.82 Å². The largest absolute Gasteiger partial charge is 0.339 e. The number of sulfonamides is 1. The van der Waals surface area contributed by atoms with E-state index < -0.39 is 10.0 Å². The van der Waals surface area contributed by atoms with E-state index in [1.54, 1.807) is 28.4 Å². The van der Waals surface area contributed by atoms with Gasteiger partial charge in [-0.3, -0.25) is 4.68 Å². The summed E-state index contributed by atoms with van der Waals surface area (Å²) in [5, 5.41) is 8.49. The maximum atomic E-state index is 13.4. The van der Waals surface area contributed by atoms with E-state index in [1.807, 2.05) is 6.20 Å². The van der Waals surface area contributed by atoms with Gasteiger partial charge in [0.15, 0.2) is 5.03 Å². The SMILES string of the molecule is CCCn1cc(C2CN(S(=O)(=O)c3cn(C)cn3)CC2c2ccc(F)cc2)nn1. The van der Waals surface area contributed by atoms with Crippen LogP contribution in [0.15, 0.2) is 48.0 Å². The monoisotopic (exact) mass is 418 g/mol. The smallest absolute Gasteiger partial charge is 0.262 e. The zero-order valence-corrected chi connectivity index (χ0v) is 17.1. The van der Waals surface area contributed by atoms with E-state index in [0.717, 1.165) is 24.2 Å². The minimum absolute atomic E-state index is 0.0214. The van der Waals surface area contributed by atoms with E-state index in [2.05, 4.69) is 22.2 Å². The molecule has 2 atom stereocenters. The number of halogens is 1. The van der Waals surface area contributed by atoms with Crippen molar-refractivity contribution in [2.75, 3.05) is 13.1 Å². The third-order valence-electron chi connectivity index (χ3n) is 5.26. The van der Waals surface area contributed by atoms with E-state index in [1.165, 1.54) is 29.0 Å². The summed E-state index contributed by atoms with van der Waals surface area (Å²) in [6.45, 7) is 3.35. The fourth-order valence-corrected chi connectivity index (χ4v) is 5.25. The van der Waals surface area contributed by atoms with Gasteiger partial charge in [-0.05, 0) is 24.1 Å². The summed E-state index contributed by atoms with van der Waals surface area (Å²) in [6, 6.07) is 6.22. The summed E-state index contributed by atoms with van der Waals surface area (Å²) >= 11 is 0. The third-order valence-corrected chi connectivity index (χ3v) is 6.98. The van der Waals surface area contributed by atoms with Crippen LogP contribution in [0.5, 0.6) is 0 Å². The summed E-state index contributed by atoms with van der Waals surface area (Å²) < 4.78 is 44.5. The normalized spacial score (nSPS) is 20.4. The highest BCUT2D eigenvalue weighted by atomic mass is 32.2. The second-order valence-corrected chi connectivity index (χ2v) is 9.26. The Labute approximate surface area is 169 Å². The van der Waals surface area contributed by atoms with Gasteiger partial charge in [-0.25, -0.2) is 17.8 Å². The van der Waals surface area contributed by atoms with Crippen molar-refractivity contribution in [3.05, 3.63) is 60.1 Å². The van der Waals surface area contributed by atoms with E-state index in [0.29, 0.717) is 0 Å². The molecule has 1 aliphatic rings. The minimum Gasteiger partial charge on any atom is -0.339 e. The number of nitrogens with zero attached hydrogens (tertiary/aromatic N) is 6. The van der Waals surface area contributed by atoms with Crippen molar-refractivity contribution in [1.82, 2.24) is 28.9 Å². The standard InChI is InChI=1S/C19H23FN6O2S/c1-3-8-25-11-18(22-23-25)17-10-26(29(27,28)19-12-24(2)13-21-19)9-16(17)14-4-6-15(20)7-5-14/h4-7,11-13,16-17H,3,8-10H2,1-2H3. The summed E-state index contributed by atoms with van der Waals surface area (Å²) in [6.07, 6.45) is 5.76. The number of benzene rings is 1. The Morgan fingerprint density at radius 1 is 1.14 bits per heavy atom. The van der Waals surface area contributed by atoms with Crippen LogP contribution >= 0.6 is 0 Å². The number of rotatable bonds is 6. The lowest BCUT2D eigenvalue weighted by Gasteiger charge is -2.16. The Bertz CT molecular complexity index is 1090. The quantitative estimate of drug-likeness (QED) is 0.612. The first-order chi connectivity index (χ1) is 13.9. The molecule has 4 rings (SSSR count). The van der Waals surface area contributed by atoms with Crippen LogP contribution in [0.2, 0.25) is 0 Å². The average molecular weight is 418 g/mol. The summed E-state index contributed by atoms with van der Waals surface area (Å²) in [5.74, 6) is -0.652. The van der Waals surface area contributed by atoms with Gasteiger partial charge < -0.3 is 4.57 Å². The molecule has 0 aliphatic carbocycles. The molecule has 0 spiro atoms. The van der Waals surface area contributed by atoms with Crippen LogP contribution in [0.25, 0.3) is 0 Å². The molecule has 0 saturated carbocycles. The zero-order chi connectivity index (χ0) is 20.6. The third kappa shape index (κ3) is 3.82. The van der Waals surface area contributed by atoms with Crippen molar-refractivity contribution in [1.29, 1.82) is 0 Å². The van der Waals surface area contributed by atoms with Gasteiger partial charge in [-0.2, -0.15) is 4.31 Å². The summed E-state index contributed by atoms with van der Waals surface area (Å²) in [7, 11) is -2.01. The Morgan fingerprint density at radius 3 is 2.52 bits per heavy atom. The minimum atomic E-state index is -3.74. The first-order valence-corrected chi connectivity index (χ1v) is 11.0. The summed E-state index contributed by atoms with van der Waals surface area (Å²) in [4.78, 5) is 4.02. The molecule has 1 aliphatic heterocycles. The Morgan fingerprint density at radius 2 is 1.86 bits per heavy atom. The van der Waals surface area contributed by atoms with Crippen molar-refractivity contribution in [2.24, 2.45) is 7.05 Å². The van der Waals surface area contributed by atoms with Crippen molar-refractivity contribution in [3.8, 4) is 0 Å². The van der Waals surface area contributed by atoms with Gasteiger partial charge in [0.2, 0.25) is 0 Å². The van der Waals surface area contributed by atoms with Gasteiger partial charge in [-0.1, -0.05) is 24.3 Å². The van der Waals surface area contributed by atoms with E-state index in [9.17, 15) is 12.8 Å². The molecule has 1 saturated heterocycles. The fourth-order valence-electron chi connectivity index (χ4n) is 3.79. The molecule has 0 radical (unpaired) electrons. The molecule has 1 aromatic carbocycles. The van der Waals surface area contributed by atoms with Crippen LogP contribution in [-0.2, 0) is 23.6 Å². The first kappa shape index (κ1) is 19.7.